The van der Waals surface area contributed by atoms with Crippen LogP contribution in [0, 0.1) is 0 Å². The predicted molar refractivity (Wildman–Crippen MR) is 99.7 cm³/mol. The van der Waals surface area contributed by atoms with Crippen LogP contribution in [0.15, 0.2) is 53.1 Å². The normalized spacial score (nSPS) is 11.3. The number of hydrogen-bond acceptors (Lipinski definition) is 4. The van der Waals surface area contributed by atoms with Crippen molar-refractivity contribution in [2.45, 2.75) is 26.3 Å². The molecule has 0 aliphatic heterocycles. The summed E-state index contributed by atoms with van der Waals surface area (Å²) in [6.07, 6.45) is 0. The Morgan fingerprint density at radius 1 is 1.08 bits per heavy atom. The molecule has 0 fully saturated rings. The number of carbonyl (C=O) groups excluding carboxylic acids is 2. The molecular weight excluding hydrogens is 330 g/mol. The van der Waals surface area contributed by atoms with E-state index in [1.165, 1.54) is 0 Å². The van der Waals surface area contributed by atoms with E-state index in [9.17, 15) is 9.59 Å². The quantitative estimate of drug-likeness (QED) is 0.756. The maximum atomic E-state index is 12.4. The summed E-state index contributed by atoms with van der Waals surface area (Å²) >= 11 is 0. The minimum absolute atomic E-state index is 0.0800. The van der Waals surface area contributed by atoms with Crippen molar-refractivity contribution in [2.75, 3.05) is 6.54 Å². The lowest BCUT2D eigenvalue weighted by molar-refractivity contribution is -0.121. The molecule has 2 amide bonds. The fourth-order valence-corrected chi connectivity index (χ4v) is 2.61. The maximum absolute atomic E-state index is 12.4. The number of nitrogens with one attached hydrogen (secondary N) is 2. The summed E-state index contributed by atoms with van der Waals surface area (Å²) in [7, 11) is 0. The zero-order valence-electron chi connectivity index (χ0n) is 15.0. The van der Waals surface area contributed by atoms with Crippen molar-refractivity contribution in [3.63, 3.8) is 0 Å². The van der Waals surface area contributed by atoms with E-state index in [-0.39, 0.29) is 23.9 Å². The Kier molecular flexibility index (Phi) is 4.75. The molecule has 0 spiro atoms. The number of benzene rings is 2. The highest BCUT2D eigenvalue weighted by atomic mass is 16.5. The van der Waals surface area contributed by atoms with Crippen LogP contribution < -0.4 is 10.6 Å². The van der Waals surface area contributed by atoms with Crippen molar-refractivity contribution in [2.24, 2.45) is 0 Å². The van der Waals surface area contributed by atoms with Crippen LogP contribution in [0.1, 0.15) is 31.1 Å². The lowest BCUT2D eigenvalue weighted by atomic mass is 10.1. The molecule has 134 valence electrons. The zero-order chi connectivity index (χ0) is 18.7. The standard InChI is InChI=1S/C20H21N3O3/c1-20(2,3)22-17(24)12-21-19(25)14-9-10-16-15(11-14)18(26-23-16)13-7-5-4-6-8-13/h4-11H,12H2,1-3H3,(H,21,25)(H,22,24). The molecule has 6 heteroatoms. The topological polar surface area (TPSA) is 84.2 Å². The van der Waals surface area contributed by atoms with Gasteiger partial charge in [-0.1, -0.05) is 35.5 Å². The Morgan fingerprint density at radius 3 is 2.50 bits per heavy atom. The van der Waals surface area contributed by atoms with Crippen molar-refractivity contribution in [1.29, 1.82) is 0 Å². The van der Waals surface area contributed by atoms with Gasteiger partial charge in [-0.25, -0.2) is 0 Å². The minimum atomic E-state index is -0.340. The number of nitrogens with zero attached hydrogens (tertiary/aromatic N) is 1. The van der Waals surface area contributed by atoms with E-state index >= 15 is 0 Å². The fourth-order valence-electron chi connectivity index (χ4n) is 2.61. The average Bonchev–Trinajstić information content (AvgIpc) is 3.02. The molecule has 0 saturated carbocycles. The molecule has 0 unspecified atom stereocenters. The van der Waals surface area contributed by atoms with Crippen LogP contribution in [0.4, 0.5) is 0 Å². The fraction of sp³-hybridized carbons (Fsp3) is 0.250. The molecule has 2 N–H and O–H groups in total. The van der Waals surface area contributed by atoms with Crippen molar-refractivity contribution in [1.82, 2.24) is 15.8 Å². The van der Waals surface area contributed by atoms with Gasteiger partial charge in [-0.15, -0.1) is 0 Å². The Morgan fingerprint density at radius 2 is 1.81 bits per heavy atom. The van der Waals surface area contributed by atoms with Gasteiger partial charge in [-0.2, -0.15) is 0 Å². The Bertz CT molecular complexity index is 940. The second kappa shape index (κ2) is 7.00. The van der Waals surface area contributed by atoms with Gasteiger partial charge in [-0.05, 0) is 39.0 Å². The van der Waals surface area contributed by atoms with Crippen LogP contribution in [-0.4, -0.2) is 29.1 Å². The summed E-state index contributed by atoms with van der Waals surface area (Å²) in [5.74, 6) is 0.0544. The second-order valence-electron chi connectivity index (χ2n) is 7.09. The molecule has 0 atom stereocenters. The minimum Gasteiger partial charge on any atom is -0.355 e. The summed E-state index contributed by atoms with van der Waals surface area (Å²) < 4.78 is 5.44. The van der Waals surface area contributed by atoms with Gasteiger partial charge in [0.2, 0.25) is 5.91 Å². The first-order valence-corrected chi connectivity index (χ1v) is 8.37. The van der Waals surface area contributed by atoms with E-state index in [2.05, 4.69) is 15.8 Å². The summed E-state index contributed by atoms with van der Waals surface area (Å²) in [5, 5.41) is 10.2. The molecule has 3 aromatic rings. The molecule has 26 heavy (non-hydrogen) atoms. The van der Waals surface area contributed by atoms with Gasteiger partial charge in [0.05, 0.1) is 11.9 Å². The number of carbonyl (C=O) groups is 2. The maximum Gasteiger partial charge on any atom is 0.251 e. The molecule has 0 saturated heterocycles. The number of aromatic nitrogens is 1. The molecule has 6 nitrogen and oxygen atoms in total. The number of amides is 2. The molecule has 0 bridgehead atoms. The van der Waals surface area contributed by atoms with E-state index in [4.69, 9.17) is 4.52 Å². The van der Waals surface area contributed by atoms with Crippen molar-refractivity contribution in [3.05, 3.63) is 54.1 Å². The Labute approximate surface area is 151 Å². The van der Waals surface area contributed by atoms with Crippen LogP contribution in [0.25, 0.3) is 22.2 Å². The number of hydrogen-bond donors (Lipinski definition) is 2. The molecular formula is C20H21N3O3. The number of rotatable bonds is 4. The monoisotopic (exact) mass is 351 g/mol. The van der Waals surface area contributed by atoms with Crippen LogP contribution in [0.2, 0.25) is 0 Å². The summed E-state index contributed by atoms with van der Waals surface area (Å²) in [4.78, 5) is 24.2. The van der Waals surface area contributed by atoms with Crippen molar-refractivity contribution >= 4 is 22.7 Å². The van der Waals surface area contributed by atoms with E-state index in [1.54, 1.807) is 18.2 Å². The zero-order valence-corrected chi connectivity index (χ0v) is 15.0. The first-order valence-electron chi connectivity index (χ1n) is 8.37. The summed E-state index contributed by atoms with van der Waals surface area (Å²) in [6, 6.07) is 14.7. The van der Waals surface area contributed by atoms with Gasteiger partial charge < -0.3 is 15.2 Å². The highest BCUT2D eigenvalue weighted by molar-refractivity contribution is 6.02. The Balaban J connectivity index is 1.78. The predicted octanol–water partition coefficient (Wildman–Crippen LogP) is 3.14. The molecule has 2 aromatic carbocycles. The van der Waals surface area contributed by atoms with Crippen molar-refractivity contribution in [3.8, 4) is 11.3 Å². The molecule has 0 aliphatic rings. The van der Waals surface area contributed by atoms with E-state index in [0.717, 1.165) is 10.9 Å². The Hall–Kier alpha value is -3.15. The first kappa shape index (κ1) is 17.7. The van der Waals surface area contributed by atoms with Crippen molar-refractivity contribution < 1.29 is 14.1 Å². The van der Waals surface area contributed by atoms with Crippen LogP contribution in [0.3, 0.4) is 0 Å². The SMILES string of the molecule is CC(C)(C)NC(=O)CNC(=O)c1ccc2noc(-c3ccccc3)c2c1. The van der Waals surface area contributed by atoms with Gasteiger partial charge >= 0.3 is 0 Å². The third-order valence-electron chi connectivity index (χ3n) is 3.70. The molecule has 1 aromatic heterocycles. The number of fused-ring (bicyclic) bond motifs is 1. The third kappa shape index (κ3) is 4.08. The summed E-state index contributed by atoms with van der Waals surface area (Å²) in [5.41, 5.74) is 1.66. The van der Waals surface area contributed by atoms with Crippen LogP contribution in [0.5, 0.6) is 0 Å². The third-order valence-corrected chi connectivity index (χ3v) is 3.70. The van der Waals surface area contributed by atoms with Crippen LogP contribution >= 0.6 is 0 Å². The highest BCUT2D eigenvalue weighted by Crippen LogP contribution is 2.29. The largest absolute Gasteiger partial charge is 0.355 e. The van der Waals surface area contributed by atoms with Crippen LogP contribution in [-0.2, 0) is 4.79 Å². The molecule has 1 heterocycles. The summed E-state index contributed by atoms with van der Waals surface area (Å²) in [6.45, 7) is 5.58. The van der Waals surface area contributed by atoms with Gasteiger partial charge in [0.15, 0.2) is 5.76 Å². The smallest absolute Gasteiger partial charge is 0.251 e. The molecule has 0 radical (unpaired) electrons. The molecule has 3 rings (SSSR count). The van der Waals surface area contributed by atoms with E-state index in [1.807, 2.05) is 51.1 Å². The lowest BCUT2D eigenvalue weighted by Crippen LogP contribution is -2.45. The second-order valence-corrected chi connectivity index (χ2v) is 7.09. The average molecular weight is 351 g/mol. The molecule has 0 aliphatic carbocycles. The highest BCUT2D eigenvalue weighted by Gasteiger charge is 2.16. The van der Waals surface area contributed by atoms with Gasteiger partial charge in [0.1, 0.15) is 5.52 Å². The van der Waals surface area contributed by atoms with E-state index < -0.39 is 0 Å². The lowest BCUT2D eigenvalue weighted by Gasteiger charge is -2.20. The van der Waals surface area contributed by atoms with Gasteiger partial charge in [0.25, 0.3) is 5.91 Å². The van der Waals surface area contributed by atoms with Gasteiger partial charge in [0, 0.05) is 16.7 Å². The first-order chi connectivity index (χ1) is 12.3. The van der Waals surface area contributed by atoms with Gasteiger partial charge in [-0.3, -0.25) is 9.59 Å². The van der Waals surface area contributed by atoms with E-state index in [0.29, 0.717) is 16.8 Å².